The van der Waals surface area contributed by atoms with Gasteiger partial charge in [-0.2, -0.15) is 0 Å². The Morgan fingerprint density at radius 2 is 1.76 bits per heavy atom. The minimum atomic E-state index is -0.895. The van der Waals surface area contributed by atoms with Crippen molar-refractivity contribution in [3.05, 3.63) is 68.7 Å². The van der Waals surface area contributed by atoms with E-state index in [1.165, 1.54) is 42.5 Å². The van der Waals surface area contributed by atoms with Crippen LogP contribution in [-0.2, 0) is 9.59 Å². The van der Waals surface area contributed by atoms with Crippen LogP contribution in [0.4, 0.5) is 21.9 Å². The molecule has 1 N–H and O–H groups in total. The Morgan fingerprint density at radius 1 is 1.10 bits per heavy atom. The van der Waals surface area contributed by atoms with E-state index in [9.17, 15) is 24.5 Å². The summed E-state index contributed by atoms with van der Waals surface area (Å²) in [5.74, 6) is -1.73. The third-order valence-electron chi connectivity index (χ3n) is 4.18. The van der Waals surface area contributed by atoms with Gasteiger partial charge in [0.15, 0.2) is 0 Å². The molecular weight excluding hydrogens is 400 g/mol. The Bertz CT molecular complexity index is 1060. The molecule has 148 valence electrons. The van der Waals surface area contributed by atoms with E-state index in [0.717, 1.165) is 4.90 Å². The highest BCUT2D eigenvalue weighted by Crippen LogP contribution is 2.29. The molecule has 9 nitrogen and oxygen atoms in total. The first-order valence-corrected chi connectivity index (χ1v) is 8.69. The van der Waals surface area contributed by atoms with Gasteiger partial charge in [0.1, 0.15) is 11.3 Å². The third kappa shape index (κ3) is 3.94. The number of halogens is 1. The number of carbonyl (C=O) groups is 3. The summed E-state index contributed by atoms with van der Waals surface area (Å²) in [5, 5.41) is 13.9. The molecule has 2 aromatic rings. The summed E-state index contributed by atoms with van der Waals surface area (Å²) in [6.45, 7) is 0. The van der Waals surface area contributed by atoms with Gasteiger partial charge in [-0.05, 0) is 42.0 Å². The van der Waals surface area contributed by atoms with E-state index in [1.807, 2.05) is 0 Å². The quantitative estimate of drug-likeness (QED) is 0.356. The molecule has 3 rings (SSSR count). The van der Waals surface area contributed by atoms with Crippen LogP contribution in [0.2, 0.25) is 5.02 Å². The number of amides is 4. The average molecular weight is 415 g/mol. The third-order valence-corrected chi connectivity index (χ3v) is 4.43. The van der Waals surface area contributed by atoms with Gasteiger partial charge in [0.25, 0.3) is 17.5 Å². The maximum atomic E-state index is 12.8. The van der Waals surface area contributed by atoms with Crippen molar-refractivity contribution in [2.45, 2.75) is 0 Å². The molecule has 1 aliphatic rings. The van der Waals surface area contributed by atoms with Crippen LogP contribution in [0.5, 0.6) is 0 Å². The number of nitro benzene ring substituents is 1. The van der Waals surface area contributed by atoms with Crippen LogP contribution in [0.1, 0.15) is 5.56 Å². The SMILES string of the molecule is CN(C)c1ccc(/C=C2\C(=O)NC(=O)N(c3ccc(Cl)cc3)C2=O)cc1[N+](=O)[O-]. The van der Waals surface area contributed by atoms with Gasteiger partial charge in [0.05, 0.1) is 10.6 Å². The van der Waals surface area contributed by atoms with Gasteiger partial charge in [-0.15, -0.1) is 0 Å². The molecule has 1 fully saturated rings. The first-order valence-electron chi connectivity index (χ1n) is 8.32. The number of anilines is 2. The van der Waals surface area contributed by atoms with E-state index < -0.39 is 22.8 Å². The molecule has 2 aromatic carbocycles. The fourth-order valence-electron chi connectivity index (χ4n) is 2.80. The second kappa shape index (κ2) is 7.72. The van der Waals surface area contributed by atoms with E-state index in [-0.39, 0.29) is 22.5 Å². The summed E-state index contributed by atoms with van der Waals surface area (Å²) in [6, 6.07) is 9.34. The van der Waals surface area contributed by atoms with Gasteiger partial charge >= 0.3 is 6.03 Å². The molecule has 1 heterocycles. The first-order chi connectivity index (χ1) is 13.7. The Labute approximate surface area is 170 Å². The number of nitrogens with one attached hydrogen (secondary N) is 1. The molecular formula is C19H15ClN4O5. The number of hydrogen-bond acceptors (Lipinski definition) is 6. The predicted molar refractivity (Wildman–Crippen MR) is 108 cm³/mol. The number of rotatable bonds is 4. The Kier molecular flexibility index (Phi) is 5.33. The fourth-order valence-corrected chi connectivity index (χ4v) is 2.93. The van der Waals surface area contributed by atoms with Gasteiger partial charge in [0.2, 0.25) is 0 Å². The van der Waals surface area contributed by atoms with Crippen molar-refractivity contribution in [3.63, 3.8) is 0 Å². The minimum absolute atomic E-state index is 0.182. The zero-order valence-electron chi connectivity index (χ0n) is 15.4. The summed E-state index contributed by atoms with van der Waals surface area (Å²) >= 11 is 5.83. The maximum absolute atomic E-state index is 12.8. The lowest BCUT2D eigenvalue weighted by Gasteiger charge is -2.26. The number of benzene rings is 2. The highest BCUT2D eigenvalue weighted by Gasteiger charge is 2.36. The van der Waals surface area contributed by atoms with Gasteiger partial charge in [-0.3, -0.25) is 25.0 Å². The zero-order chi connectivity index (χ0) is 21.3. The molecule has 1 aliphatic heterocycles. The summed E-state index contributed by atoms with van der Waals surface area (Å²) in [6.07, 6.45) is 1.21. The highest BCUT2D eigenvalue weighted by molar-refractivity contribution is 6.39. The number of imide groups is 2. The maximum Gasteiger partial charge on any atom is 0.335 e. The fraction of sp³-hybridized carbons (Fsp3) is 0.105. The smallest absolute Gasteiger partial charge is 0.335 e. The summed E-state index contributed by atoms with van der Waals surface area (Å²) in [7, 11) is 3.32. The Balaban J connectivity index is 2.04. The molecule has 0 unspecified atom stereocenters. The van der Waals surface area contributed by atoms with E-state index in [4.69, 9.17) is 11.6 Å². The lowest BCUT2D eigenvalue weighted by atomic mass is 10.1. The normalized spacial score (nSPS) is 15.5. The van der Waals surface area contributed by atoms with Crippen LogP contribution >= 0.6 is 11.6 Å². The van der Waals surface area contributed by atoms with Gasteiger partial charge < -0.3 is 4.90 Å². The number of urea groups is 1. The van der Waals surface area contributed by atoms with Crippen molar-refractivity contribution in [1.82, 2.24) is 5.32 Å². The largest absolute Gasteiger partial charge is 0.372 e. The van der Waals surface area contributed by atoms with Gasteiger partial charge in [-0.1, -0.05) is 17.7 Å². The van der Waals surface area contributed by atoms with Crippen molar-refractivity contribution in [2.24, 2.45) is 0 Å². The van der Waals surface area contributed by atoms with Gasteiger partial charge in [0, 0.05) is 25.2 Å². The average Bonchev–Trinajstić information content (AvgIpc) is 2.66. The van der Waals surface area contributed by atoms with Crippen LogP contribution in [0.15, 0.2) is 48.0 Å². The van der Waals surface area contributed by atoms with Crippen LogP contribution in [0, 0.1) is 10.1 Å². The Hall–Kier alpha value is -3.72. The van der Waals surface area contributed by atoms with Crippen molar-refractivity contribution in [3.8, 4) is 0 Å². The van der Waals surface area contributed by atoms with E-state index in [1.54, 1.807) is 25.1 Å². The van der Waals surface area contributed by atoms with Crippen LogP contribution in [0.3, 0.4) is 0 Å². The topological polar surface area (TPSA) is 113 Å². The number of barbiturate groups is 1. The molecule has 0 bridgehead atoms. The lowest BCUT2D eigenvalue weighted by molar-refractivity contribution is -0.384. The Morgan fingerprint density at radius 3 is 2.34 bits per heavy atom. The molecule has 1 saturated heterocycles. The number of carbonyl (C=O) groups excluding carboxylic acids is 3. The van der Waals surface area contributed by atoms with E-state index in [0.29, 0.717) is 10.7 Å². The van der Waals surface area contributed by atoms with Crippen molar-refractivity contribution in [2.75, 3.05) is 23.9 Å². The number of nitro groups is 1. The van der Waals surface area contributed by atoms with E-state index in [2.05, 4.69) is 5.32 Å². The molecule has 29 heavy (non-hydrogen) atoms. The zero-order valence-corrected chi connectivity index (χ0v) is 16.1. The molecule has 0 spiro atoms. The lowest BCUT2D eigenvalue weighted by Crippen LogP contribution is -2.54. The van der Waals surface area contributed by atoms with Crippen molar-refractivity contribution in [1.29, 1.82) is 0 Å². The highest BCUT2D eigenvalue weighted by atomic mass is 35.5. The second-order valence-electron chi connectivity index (χ2n) is 6.33. The van der Waals surface area contributed by atoms with Crippen LogP contribution in [0.25, 0.3) is 6.08 Å². The van der Waals surface area contributed by atoms with Crippen molar-refractivity contribution < 1.29 is 19.3 Å². The minimum Gasteiger partial charge on any atom is -0.372 e. The van der Waals surface area contributed by atoms with Crippen LogP contribution < -0.4 is 15.1 Å². The molecule has 4 amide bonds. The van der Waals surface area contributed by atoms with E-state index >= 15 is 0 Å². The predicted octanol–water partition coefficient (Wildman–Crippen LogP) is 2.98. The standard InChI is InChI=1S/C19H15ClN4O5/c1-22(2)15-8-3-11(10-16(15)24(28)29)9-14-17(25)21-19(27)23(18(14)26)13-6-4-12(20)5-7-13/h3-10H,1-2H3,(H,21,25,27)/b14-9+. The van der Waals surface area contributed by atoms with Crippen molar-refractivity contribution >= 4 is 52.6 Å². The number of hydrogen-bond donors (Lipinski definition) is 1. The molecule has 10 heteroatoms. The molecule has 0 aliphatic carbocycles. The molecule has 0 radical (unpaired) electrons. The number of nitrogens with zero attached hydrogens (tertiary/aromatic N) is 3. The first kappa shape index (κ1) is 20.0. The molecule has 0 atom stereocenters. The van der Waals surface area contributed by atoms with Crippen LogP contribution in [-0.4, -0.2) is 36.9 Å². The molecule has 0 aromatic heterocycles. The second-order valence-corrected chi connectivity index (χ2v) is 6.77. The summed E-state index contributed by atoms with van der Waals surface area (Å²) in [5.41, 5.74) is 0.357. The monoisotopic (exact) mass is 414 g/mol. The van der Waals surface area contributed by atoms with Gasteiger partial charge in [-0.25, -0.2) is 9.69 Å². The summed E-state index contributed by atoms with van der Waals surface area (Å²) < 4.78 is 0. The summed E-state index contributed by atoms with van der Waals surface area (Å²) in [4.78, 5) is 50.4. The molecule has 0 saturated carbocycles.